The van der Waals surface area contributed by atoms with E-state index in [4.69, 9.17) is 5.11 Å². The maximum Gasteiger partial charge on any atom is 0.252 e. The van der Waals surface area contributed by atoms with E-state index < -0.39 is 0 Å². The number of amides is 1. The van der Waals surface area contributed by atoms with Crippen LogP contribution in [0.2, 0.25) is 0 Å². The van der Waals surface area contributed by atoms with E-state index in [1.54, 1.807) is 17.8 Å². The van der Waals surface area contributed by atoms with Gasteiger partial charge in [0.2, 0.25) is 0 Å². The first-order valence-corrected chi connectivity index (χ1v) is 9.21. The number of aliphatic hydroxyl groups is 1. The van der Waals surface area contributed by atoms with Gasteiger partial charge in [-0.1, -0.05) is 22.0 Å². The number of nitrogens with one attached hydrogen (secondary N) is 1. The average molecular weight is 383 g/mol. The average Bonchev–Trinajstić information content (AvgIpc) is 2.46. The summed E-state index contributed by atoms with van der Waals surface area (Å²) >= 11 is 5.08. The van der Waals surface area contributed by atoms with Crippen molar-refractivity contribution in [2.45, 2.75) is 19.4 Å². The van der Waals surface area contributed by atoms with Crippen LogP contribution in [0.4, 0.5) is 0 Å². The van der Waals surface area contributed by atoms with Crippen LogP contribution in [0.25, 0.3) is 10.9 Å². The molecule has 0 aliphatic rings. The molecule has 2 rings (SSSR count). The number of aryl methyl sites for hydroxylation is 1. The molecule has 0 aliphatic heterocycles. The van der Waals surface area contributed by atoms with E-state index in [1.807, 2.05) is 31.4 Å². The number of fused-ring (bicyclic) bond motifs is 1. The number of hydrogen-bond donors (Lipinski definition) is 2. The zero-order valence-corrected chi connectivity index (χ0v) is 15.0. The molecule has 1 heterocycles. The van der Waals surface area contributed by atoms with Gasteiger partial charge in [0.1, 0.15) is 0 Å². The number of benzene rings is 1. The number of pyridine rings is 1. The van der Waals surface area contributed by atoms with Gasteiger partial charge in [0.15, 0.2) is 0 Å². The molecule has 0 saturated carbocycles. The summed E-state index contributed by atoms with van der Waals surface area (Å²) in [6, 6.07) is 7.48. The molecule has 1 aromatic heterocycles. The standard InChI is InChI=1S/C16H19BrN2O2S/c1-10-7-14(13-4-3-11(17)8-15(13)18-10)16(21)19-12(5-6-20)9-22-2/h3-4,7-8,12,20H,5-6,9H2,1-2H3,(H,19,21). The van der Waals surface area contributed by atoms with E-state index in [1.165, 1.54) is 0 Å². The van der Waals surface area contributed by atoms with E-state index in [-0.39, 0.29) is 18.6 Å². The molecular weight excluding hydrogens is 364 g/mol. The van der Waals surface area contributed by atoms with Gasteiger partial charge in [-0.15, -0.1) is 0 Å². The molecule has 1 unspecified atom stereocenters. The molecular formula is C16H19BrN2O2S. The van der Waals surface area contributed by atoms with Crippen LogP contribution in [-0.4, -0.2) is 40.7 Å². The van der Waals surface area contributed by atoms with Gasteiger partial charge in [0, 0.05) is 34.0 Å². The summed E-state index contributed by atoms with van der Waals surface area (Å²) in [6.07, 6.45) is 2.54. The number of thioether (sulfide) groups is 1. The van der Waals surface area contributed by atoms with Crippen LogP contribution in [0.15, 0.2) is 28.7 Å². The van der Waals surface area contributed by atoms with Gasteiger partial charge >= 0.3 is 0 Å². The molecule has 2 aromatic rings. The third-order valence-corrected chi connectivity index (χ3v) is 4.55. The summed E-state index contributed by atoms with van der Waals surface area (Å²) in [7, 11) is 0. The van der Waals surface area contributed by atoms with E-state index in [0.717, 1.165) is 26.8 Å². The maximum atomic E-state index is 12.6. The van der Waals surface area contributed by atoms with Crippen molar-refractivity contribution in [1.29, 1.82) is 0 Å². The van der Waals surface area contributed by atoms with Crippen LogP contribution in [0, 0.1) is 6.92 Å². The number of carbonyl (C=O) groups is 1. The lowest BCUT2D eigenvalue weighted by Gasteiger charge is -2.17. The van der Waals surface area contributed by atoms with Crippen LogP contribution in [-0.2, 0) is 0 Å². The Morgan fingerprint density at radius 2 is 2.23 bits per heavy atom. The SMILES string of the molecule is CSCC(CCO)NC(=O)c1cc(C)nc2cc(Br)ccc12. The Bertz CT molecular complexity index is 667. The molecule has 118 valence electrons. The second kappa shape index (κ2) is 7.94. The molecule has 1 amide bonds. The fraction of sp³-hybridized carbons (Fsp3) is 0.375. The molecule has 4 nitrogen and oxygen atoms in total. The summed E-state index contributed by atoms with van der Waals surface area (Å²) in [5.74, 6) is 0.658. The van der Waals surface area contributed by atoms with Crippen molar-refractivity contribution in [3.8, 4) is 0 Å². The molecule has 22 heavy (non-hydrogen) atoms. The lowest BCUT2D eigenvalue weighted by Crippen LogP contribution is -2.37. The zero-order valence-electron chi connectivity index (χ0n) is 12.6. The Balaban J connectivity index is 2.34. The second-order valence-corrected chi connectivity index (χ2v) is 6.94. The highest BCUT2D eigenvalue weighted by Crippen LogP contribution is 2.22. The normalized spacial score (nSPS) is 12.4. The Hall–Kier alpha value is -1.11. The molecule has 0 aliphatic carbocycles. The monoisotopic (exact) mass is 382 g/mol. The highest BCUT2D eigenvalue weighted by molar-refractivity contribution is 9.10. The second-order valence-electron chi connectivity index (χ2n) is 5.11. The van der Waals surface area contributed by atoms with Crippen molar-refractivity contribution in [1.82, 2.24) is 10.3 Å². The molecule has 0 saturated heterocycles. The topological polar surface area (TPSA) is 62.2 Å². The molecule has 1 atom stereocenters. The van der Waals surface area contributed by atoms with Gasteiger partial charge in [0.25, 0.3) is 5.91 Å². The van der Waals surface area contributed by atoms with Crippen molar-refractivity contribution < 1.29 is 9.90 Å². The summed E-state index contributed by atoms with van der Waals surface area (Å²) in [5.41, 5.74) is 2.22. The third kappa shape index (κ3) is 4.21. The van der Waals surface area contributed by atoms with E-state index in [2.05, 4.69) is 26.2 Å². The van der Waals surface area contributed by atoms with Crippen LogP contribution in [0.1, 0.15) is 22.5 Å². The number of aliphatic hydroxyl groups excluding tert-OH is 1. The van der Waals surface area contributed by atoms with E-state index in [0.29, 0.717) is 12.0 Å². The van der Waals surface area contributed by atoms with Gasteiger partial charge in [-0.3, -0.25) is 9.78 Å². The molecule has 0 fully saturated rings. The Morgan fingerprint density at radius 1 is 1.45 bits per heavy atom. The quantitative estimate of drug-likeness (QED) is 0.805. The molecule has 0 bridgehead atoms. The fourth-order valence-corrected chi connectivity index (χ4v) is 3.34. The number of halogens is 1. The van der Waals surface area contributed by atoms with Gasteiger partial charge < -0.3 is 10.4 Å². The lowest BCUT2D eigenvalue weighted by molar-refractivity contribution is 0.0937. The van der Waals surface area contributed by atoms with Gasteiger partial charge in [-0.05, 0) is 37.8 Å². The number of hydrogen-bond acceptors (Lipinski definition) is 4. The van der Waals surface area contributed by atoms with Crippen LogP contribution < -0.4 is 5.32 Å². The number of rotatable bonds is 6. The van der Waals surface area contributed by atoms with E-state index in [9.17, 15) is 4.79 Å². The highest BCUT2D eigenvalue weighted by Gasteiger charge is 2.16. The smallest absolute Gasteiger partial charge is 0.252 e. The molecule has 0 radical (unpaired) electrons. The van der Waals surface area contributed by atoms with Crippen molar-refractivity contribution in [3.63, 3.8) is 0 Å². The Labute approximate surface area is 142 Å². The van der Waals surface area contributed by atoms with Crippen molar-refractivity contribution in [3.05, 3.63) is 40.0 Å². The first-order valence-electron chi connectivity index (χ1n) is 7.02. The predicted octanol–water partition coefficient (Wildman–Crippen LogP) is 3.15. The Kier molecular flexibility index (Phi) is 6.23. The molecule has 2 N–H and O–H groups in total. The van der Waals surface area contributed by atoms with Gasteiger partial charge in [-0.2, -0.15) is 11.8 Å². The number of nitrogens with zero attached hydrogens (tertiary/aromatic N) is 1. The zero-order chi connectivity index (χ0) is 16.1. The minimum absolute atomic E-state index is 0.0357. The predicted molar refractivity (Wildman–Crippen MR) is 95.5 cm³/mol. The number of carbonyl (C=O) groups excluding carboxylic acids is 1. The highest BCUT2D eigenvalue weighted by atomic mass is 79.9. The van der Waals surface area contributed by atoms with Crippen molar-refractivity contribution in [2.75, 3.05) is 18.6 Å². The number of aromatic nitrogens is 1. The largest absolute Gasteiger partial charge is 0.396 e. The summed E-state index contributed by atoms with van der Waals surface area (Å²) in [6.45, 7) is 1.94. The Morgan fingerprint density at radius 3 is 2.91 bits per heavy atom. The summed E-state index contributed by atoms with van der Waals surface area (Å²) in [4.78, 5) is 17.1. The summed E-state index contributed by atoms with van der Waals surface area (Å²) < 4.78 is 0.935. The minimum atomic E-state index is -0.120. The van der Waals surface area contributed by atoms with Crippen LogP contribution in [0.5, 0.6) is 0 Å². The van der Waals surface area contributed by atoms with Gasteiger partial charge in [0.05, 0.1) is 11.1 Å². The summed E-state index contributed by atoms with van der Waals surface area (Å²) in [5, 5.41) is 13.0. The van der Waals surface area contributed by atoms with E-state index >= 15 is 0 Å². The van der Waals surface area contributed by atoms with Gasteiger partial charge in [-0.25, -0.2) is 0 Å². The first kappa shape index (κ1) is 17.2. The molecule has 0 spiro atoms. The van der Waals surface area contributed by atoms with Crippen molar-refractivity contribution in [2.24, 2.45) is 0 Å². The third-order valence-electron chi connectivity index (χ3n) is 3.33. The molecule has 1 aromatic carbocycles. The fourth-order valence-electron chi connectivity index (χ4n) is 2.34. The molecule has 6 heteroatoms. The van der Waals surface area contributed by atoms with Crippen LogP contribution >= 0.6 is 27.7 Å². The van der Waals surface area contributed by atoms with Crippen LogP contribution in [0.3, 0.4) is 0 Å². The lowest BCUT2D eigenvalue weighted by atomic mass is 10.1. The minimum Gasteiger partial charge on any atom is -0.396 e. The first-order chi connectivity index (χ1) is 10.5. The van der Waals surface area contributed by atoms with Crippen molar-refractivity contribution >= 4 is 44.5 Å². The maximum absolute atomic E-state index is 12.6.